The summed E-state index contributed by atoms with van der Waals surface area (Å²) in [5.74, 6) is 0.655. The molecule has 26 heavy (non-hydrogen) atoms. The fourth-order valence-electron chi connectivity index (χ4n) is 6.34. The molecule has 2 aliphatic carbocycles. The Morgan fingerprint density at radius 1 is 1.35 bits per heavy atom. The number of hydrogen-bond acceptors (Lipinski definition) is 5. The third kappa shape index (κ3) is 2.23. The molecule has 5 rings (SSSR count). The van der Waals surface area contributed by atoms with Crippen LogP contribution >= 0.6 is 0 Å². The molecule has 140 valence electrons. The van der Waals surface area contributed by atoms with Gasteiger partial charge in [0, 0.05) is 36.8 Å². The minimum absolute atomic E-state index is 0.0102. The number of nitrogens with zero attached hydrogens (tertiary/aromatic N) is 1. The molecule has 0 aromatic carbocycles. The lowest BCUT2D eigenvalue weighted by Gasteiger charge is -2.48. The Morgan fingerprint density at radius 3 is 2.96 bits per heavy atom. The van der Waals surface area contributed by atoms with Gasteiger partial charge >= 0.3 is 5.97 Å². The number of esters is 1. The van der Waals surface area contributed by atoms with Gasteiger partial charge in [0.15, 0.2) is 0 Å². The van der Waals surface area contributed by atoms with Crippen molar-refractivity contribution in [3.63, 3.8) is 0 Å². The quantitative estimate of drug-likeness (QED) is 0.664. The van der Waals surface area contributed by atoms with Gasteiger partial charge in [-0.2, -0.15) is 0 Å². The zero-order valence-corrected chi connectivity index (χ0v) is 15.6. The second-order valence-corrected chi connectivity index (χ2v) is 9.04. The normalized spacial score (nSPS) is 46.1. The van der Waals surface area contributed by atoms with Crippen LogP contribution in [0.2, 0.25) is 0 Å². The van der Waals surface area contributed by atoms with Crippen LogP contribution in [0.15, 0.2) is 24.5 Å². The summed E-state index contributed by atoms with van der Waals surface area (Å²) < 4.78 is 12.3. The third-order valence-electron chi connectivity index (χ3n) is 7.64. The molecule has 0 radical (unpaired) electrons. The molecule has 7 atom stereocenters. The summed E-state index contributed by atoms with van der Waals surface area (Å²) in [6.07, 6.45) is 8.48. The lowest BCUT2D eigenvalue weighted by atomic mass is 9.53. The standard InChI is InChI=1S/C21H28N2O3/c1-13-4-3-7-20(2)10-16-17(18-21(13,20)26-18)15(19(24)25-16)12-23-11-14-5-8-22-9-6-14/h5-6,8-9,13,15-18,23H,3-4,7,10-12H2,1-2H3/t13-,15?,16+,17+,18-,20+,21-/m0/s1. The van der Waals surface area contributed by atoms with Gasteiger partial charge in [0.2, 0.25) is 0 Å². The summed E-state index contributed by atoms with van der Waals surface area (Å²) in [5.41, 5.74) is 1.33. The number of carbonyl (C=O) groups excluding carboxylic acids is 1. The van der Waals surface area contributed by atoms with E-state index in [9.17, 15) is 4.79 Å². The van der Waals surface area contributed by atoms with Gasteiger partial charge in [-0.1, -0.05) is 20.3 Å². The SMILES string of the molecule is C[C@H]1CCC[C@]2(C)C[C@H]3OC(=O)C(CNCc4ccncc4)[C@H]3[C@@H]3O[C@@]132. The number of aromatic nitrogens is 1. The lowest BCUT2D eigenvalue weighted by Crippen LogP contribution is -2.54. The highest BCUT2D eigenvalue weighted by atomic mass is 16.6. The van der Waals surface area contributed by atoms with Crippen LogP contribution in [-0.4, -0.2) is 35.3 Å². The summed E-state index contributed by atoms with van der Waals surface area (Å²) in [6.45, 7) is 6.10. The fraction of sp³-hybridized carbons (Fsp3) is 0.714. The molecule has 1 spiro atoms. The maximum absolute atomic E-state index is 12.6. The monoisotopic (exact) mass is 356 g/mol. The van der Waals surface area contributed by atoms with E-state index in [4.69, 9.17) is 9.47 Å². The smallest absolute Gasteiger partial charge is 0.311 e. The van der Waals surface area contributed by atoms with E-state index in [-0.39, 0.29) is 41.0 Å². The molecule has 0 bridgehead atoms. The minimum atomic E-state index is -0.0927. The van der Waals surface area contributed by atoms with Crippen molar-refractivity contribution < 1.29 is 14.3 Å². The van der Waals surface area contributed by atoms with Crippen LogP contribution < -0.4 is 5.32 Å². The Morgan fingerprint density at radius 2 is 2.15 bits per heavy atom. The fourth-order valence-corrected chi connectivity index (χ4v) is 6.34. The topological polar surface area (TPSA) is 63.8 Å². The number of ether oxygens (including phenoxy) is 2. The van der Waals surface area contributed by atoms with Crippen LogP contribution in [0.1, 0.15) is 45.1 Å². The number of nitrogens with one attached hydrogen (secondary N) is 1. The number of fused-ring (bicyclic) bond motifs is 2. The summed E-state index contributed by atoms with van der Waals surface area (Å²) in [7, 11) is 0. The predicted molar refractivity (Wildman–Crippen MR) is 96.1 cm³/mol. The molecular formula is C21H28N2O3. The molecule has 1 aromatic heterocycles. The van der Waals surface area contributed by atoms with Gasteiger partial charge in [0.05, 0.1) is 12.0 Å². The van der Waals surface area contributed by atoms with Gasteiger partial charge < -0.3 is 14.8 Å². The third-order valence-corrected chi connectivity index (χ3v) is 7.64. The molecule has 3 heterocycles. The van der Waals surface area contributed by atoms with Crippen molar-refractivity contribution in [1.29, 1.82) is 0 Å². The van der Waals surface area contributed by atoms with Crippen molar-refractivity contribution >= 4 is 5.97 Å². The molecule has 0 amide bonds. The summed E-state index contributed by atoms with van der Waals surface area (Å²) >= 11 is 0. The van der Waals surface area contributed by atoms with E-state index in [1.165, 1.54) is 24.8 Å². The molecule has 5 nitrogen and oxygen atoms in total. The predicted octanol–water partition coefficient (Wildman–Crippen LogP) is 2.70. The van der Waals surface area contributed by atoms with Gasteiger partial charge in [-0.25, -0.2) is 0 Å². The highest BCUT2D eigenvalue weighted by Gasteiger charge is 2.78. The van der Waals surface area contributed by atoms with Gasteiger partial charge in [-0.15, -0.1) is 0 Å². The van der Waals surface area contributed by atoms with E-state index in [0.717, 1.165) is 13.0 Å². The zero-order valence-electron chi connectivity index (χ0n) is 15.6. The number of hydrogen-bond donors (Lipinski definition) is 1. The second-order valence-electron chi connectivity index (χ2n) is 9.04. The maximum Gasteiger partial charge on any atom is 0.311 e. The number of pyridine rings is 1. The van der Waals surface area contributed by atoms with E-state index < -0.39 is 0 Å². The number of carbonyl (C=O) groups is 1. The maximum atomic E-state index is 12.6. The Kier molecular flexibility index (Phi) is 3.70. The van der Waals surface area contributed by atoms with Gasteiger partial charge in [-0.05, 0) is 42.9 Å². The molecule has 2 saturated heterocycles. The van der Waals surface area contributed by atoms with Crippen molar-refractivity contribution in [3.8, 4) is 0 Å². The average Bonchev–Trinajstić information content (AvgIpc) is 3.30. The van der Waals surface area contributed by atoms with Crippen molar-refractivity contribution in [1.82, 2.24) is 10.3 Å². The Labute approximate surface area is 154 Å². The molecule has 5 heteroatoms. The van der Waals surface area contributed by atoms with Crippen LogP contribution in [0.4, 0.5) is 0 Å². The van der Waals surface area contributed by atoms with Crippen molar-refractivity contribution in [2.45, 2.75) is 63.9 Å². The first-order valence-electron chi connectivity index (χ1n) is 10.0. The molecule has 1 N–H and O–H groups in total. The van der Waals surface area contributed by atoms with Crippen molar-refractivity contribution in [3.05, 3.63) is 30.1 Å². The highest BCUT2D eigenvalue weighted by molar-refractivity contribution is 5.76. The molecule has 2 saturated carbocycles. The zero-order chi connectivity index (χ0) is 17.9. The summed E-state index contributed by atoms with van der Waals surface area (Å²) in [6, 6.07) is 4.00. The molecule has 4 aliphatic rings. The van der Waals surface area contributed by atoms with E-state index >= 15 is 0 Å². The number of rotatable bonds is 4. The molecule has 1 aromatic rings. The van der Waals surface area contributed by atoms with E-state index in [2.05, 4.69) is 24.1 Å². The van der Waals surface area contributed by atoms with Crippen molar-refractivity contribution in [2.75, 3.05) is 6.54 Å². The van der Waals surface area contributed by atoms with Gasteiger partial charge in [0.1, 0.15) is 11.7 Å². The van der Waals surface area contributed by atoms with E-state index in [1.54, 1.807) is 12.4 Å². The first kappa shape index (κ1) is 16.7. The molecular weight excluding hydrogens is 328 g/mol. The Hall–Kier alpha value is -1.46. The molecule has 2 aliphatic heterocycles. The van der Waals surface area contributed by atoms with Crippen LogP contribution in [0.3, 0.4) is 0 Å². The van der Waals surface area contributed by atoms with Crippen LogP contribution in [0.5, 0.6) is 0 Å². The largest absolute Gasteiger partial charge is 0.462 e. The Balaban J connectivity index is 1.32. The summed E-state index contributed by atoms with van der Waals surface area (Å²) in [5, 5.41) is 3.45. The summed E-state index contributed by atoms with van der Waals surface area (Å²) in [4.78, 5) is 16.7. The second kappa shape index (κ2) is 5.77. The van der Waals surface area contributed by atoms with E-state index in [0.29, 0.717) is 12.5 Å². The van der Waals surface area contributed by atoms with Crippen molar-refractivity contribution in [2.24, 2.45) is 23.2 Å². The molecule has 1 unspecified atom stereocenters. The lowest BCUT2D eigenvalue weighted by molar-refractivity contribution is -0.146. The highest BCUT2D eigenvalue weighted by Crippen LogP contribution is 2.70. The first-order valence-corrected chi connectivity index (χ1v) is 10.0. The minimum Gasteiger partial charge on any atom is -0.462 e. The number of epoxide rings is 1. The van der Waals surface area contributed by atoms with E-state index in [1.807, 2.05) is 12.1 Å². The molecule has 4 fully saturated rings. The first-order chi connectivity index (χ1) is 12.6. The van der Waals surface area contributed by atoms with Crippen LogP contribution in [0, 0.1) is 23.2 Å². The van der Waals surface area contributed by atoms with Crippen LogP contribution in [0.25, 0.3) is 0 Å². The average molecular weight is 356 g/mol. The Bertz CT molecular complexity index is 710. The van der Waals surface area contributed by atoms with Crippen LogP contribution in [-0.2, 0) is 20.8 Å². The van der Waals surface area contributed by atoms with Gasteiger partial charge in [-0.3, -0.25) is 9.78 Å². The van der Waals surface area contributed by atoms with Gasteiger partial charge in [0.25, 0.3) is 0 Å².